The molecule has 0 spiro atoms. The van der Waals surface area contributed by atoms with Gasteiger partial charge in [0.2, 0.25) is 0 Å². The number of likely N-dealkylation sites (tertiary alicyclic amines) is 1. The second-order valence-electron chi connectivity index (χ2n) is 14.3. The number of imide groups is 1. The van der Waals surface area contributed by atoms with Crippen LogP contribution in [0.1, 0.15) is 119 Å². The highest BCUT2D eigenvalue weighted by molar-refractivity contribution is 6.22. The SMILES string of the molecule is CCC1OC2C(N3C(C)(C)CC(N4C(=O)c5ccc(C(=O)OC)cc5C4=O)CC3(C)C)CC(C)(C)N1C2(C)C. The Morgan fingerprint density at radius 1 is 0.897 bits per heavy atom. The minimum atomic E-state index is -0.525. The number of rotatable bonds is 4. The van der Waals surface area contributed by atoms with Crippen molar-refractivity contribution in [2.24, 2.45) is 0 Å². The Morgan fingerprint density at radius 3 is 2.03 bits per heavy atom. The van der Waals surface area contributed by atoms with Crippen LogP contribution in [0.3, 0.4) is 0 Å². The predicted molar refractivity (Wildman–Crippen MR) is 149 cm³/mol. The van der Waals surface area contributed by atoms with Crippen molar-refractivity contribution >= 4 is 17.8 Å². The zero-order valence-electron chi connectivity index (χ0n) is 25.3. The Hall–Kier alpha value is -2.29. The third-order valence-electron chi connectivity index (χ3n) is 9.78. The lowest BCUT2D eigenvalue weighted by Crippen LogP contribution is -2.74. The minimum Gasteiger partial charge on any atom is -0.465 e. The summed E-state index contributed by atoms with van der Waals surface area (Å²) >= 11 is 0. The van der Waals surface area contributed by atoms with Gasteiger partial charge in [-0.05, 0) is 99.3 Å². The first kappa shape index (κ1) is 28.2. The lowest BCUT2D eigenvalue weighted by Gasteiger charge is -2.63. The average molecular weight is 540 g/mol. The Bertz CT molecular complexity index is 1200. The van der Waals surface area contributed by atoms with Crippen molar-refractivity contribution in [2.75, 3.05) is 7.11 Å². The molecule has 4 aliphatic heterocycles. The molecule has 3 fully saturated rings. The van der Waals surface area contributed by atoms with E-state index in [-0.39, 0.29) is 69.5 Å². The smallest absolute Gasteiger partial charge is 0.337 e. The summed E-state index contributed by atoms with van der Waals surface area (Å²) in [6.07, 6.45) is 3.41. The average Bonchev–Trinajstić information content (AvgIpc) is 3.19. The number of hydrogen-bond donors (Lipinski definition) is 0. The number of methoxy groups -OCH3 is 1. The van der Waals surface area contributed by atoms with Crippen LogP contribution in [-0.4, -0.2) is 86.2 Å². The summed E-state index contributed by atoms with van der Waals surface area (Å²) in [6, 6.07) is 4.56. The highest BCUT2D eigenvalue weighted by Gasteiger charge is 2.64. The summed E-state index contributed by atoms with van der Waals surface area (Å²) < 4.78 is 11.6. The van der Waals surface area contributed by atoms with Crippen molar-refractivity contribution in [3.8, 4) is 0 Å². The summed E-state index contributed by atoms with van der Waals surface area (Å²) in [5.41, 5.74) is 0.152. The molecule has 0 saturated carbocycles. The van der Waals surface area contributed by atoms with E-state index in [1.807, 2.05) is 0 Å². The number of nitrogens with zero attached hydrogens (tertiary/aromatic N) is 3. The molecule has 0 radical (unpaired) electrons. The Balaban J connectivity index is 1.47. The Labute approximate surface area is 233 Å². The lowest BCUT2D eigenvalue weighted by atomic mass is 9.69. The van der Waals surface area contributed by atoms with Gasteiger partial charge in [-0.25, -0.2) is 4.79 Å². The standard InChI is InChI=1S/C31H45N3O5/c1-11-23-34-30(6,7)17-22(24(39-23)31(34,8)9)33-28(2,3)15-19(16-29(33,4)5)32-25(35)20-13-12-18(27(37)38-10)14-21(20)26(32)36/h12-14,19,22-24H,11,15-17H2,1-10H3. The van der Waals surface area contributed by atoms with Gasteiger partial charge < -0.3 is 9.47 Å². The molecule has 4 heterocycles. The number of esters is 1. The van der Waals surface area contributed by atoms with E-state index in [0.717, 1.165) is 12.8 Å². The van der Waals surface area contributed by atoms with E-state index in [4.69, 9.17) is 9.47 Å². The maximum atomic E-state index is 13.6. The third-order valence-corrected chi connectivity index (χ3v) is 9.78. The molecule has 2 bridgehead atoms. The van der Waals surface area contributed by atoms with E-state index in [0.29, 0.717) is 18.4 Å². The summed E-state index contributed by atoms with van der Waals surface area (Å²) in [4.78, 5) is 45.9. The van der Waals surface area contributed by atoms with E-state index in [1.165, 1.54) is 18.1 Å². The summed E-state index contributed by atoms with van der Waals surface area (Å²) in [5, 5.41) is 0. The number of hydrogen-bond acceptors (Lipinski definition) is 7. The van der Waals surface area contributed by atoms with Crippen LogP contribution in [0, 0.1) is 0 Å². The molecule has 8 heteroatoms. The fourth-order valence-electron chi connectivity index (χ4n) is 9.02. The molecule has 0 aromatic heterocycles. The first-order valence-corrected chi connectivity index (χ1v) is 14.3. The maximum Gasteiger partial charge on any atom is 0.337 e. The van der Waals surface area contributed by atoms with E-state index in [1.54, 1.807) is 12.1 Å². The number of benzene rings is 1. The Morgan fingerprint density at radius 2 is 1.46 bits per heavy atom. The highest BCUT2D eigenvalue weighted by atomic mass is 16.5. The van der Waals surface area contributed by atoms with Gasteiger partial charge in [-0.15, -0.1) is 0 Å². The van der Waals surface area contributed by atoms with Crippen molar-refractivity contribution in [2.45, 2.75) is 135 Å². The summed E-state index contributed by atoms with van der Waals surface area (Å²) in [7, 11) is 1.30. The van der Waals surface area contributed by atoms with Crippen LogP contribution in [0.25, 0.3) is 0 Å². The third kappa shape index (κ3) is 4.08. The van der Waals surface area contributed by atoms with Gasteiger partial charge in [0.05, 0.1) is 29.9 Å². The van der Waals surface area contributed by atoms with Gasteiger partial charge in [0.15, 0.2) is 0 Å². The van der Waals surface area contributed by atoms with Crippen LogP contribution in [-0.2, 0) is 9.47 Å². The molecular formula is C31H45N3O5. The molecule has 4 atom stereocenters. The number of fused-ring (bicyclic) bond motifs is 3. The topological polar surface area (TPSA) is 79.4 Å². The second kappa shape index (κ2) is 8.85. The second-order valence-corrected chi connectivity index (χ2v) is 14.3. The van der Waals surface area contributed by atoms with Crippen molar-refractivity contribution in [1.29, 1.82) is 0 Å². The van der Waals surface area contributed by atoms with Crippen LogP contribution in [0.2, 0.25) is 0 Å². The number of carbonyl (C=O) groups is 3. The molecule has 1 aromatic carbocycles. The largest absolute Gasteiger partial charge is 0.465 e. The van der Waals surface area contributed by atoms with Crippen LogP contribution in [0.4, 0.5) is 0 Å². The molecule has 1 aromatic rings. The zero-order valence-corrected chi connectivity index (χ0v) is 25.3. The van der Waals surface area contributed by atoms with Gasteiger partial charge in [-0.3, -0.25) is 24.3 Å². The van der Waals surface area contributed by atoms with Crippen LogP contribution in [0.15, 0.2) is 18.2 Å². The lowest BCUT2D eigenvalue weighted by molar-refractivity contribution is -0.143. The maximum absolute atomic E-state index is 13.6. The van der Waals surface area contributed by atoms with E-state index >= 15 is 0 Å². The van der Waals surface area contributed by atoms with Gasteiger partial charge in [-0.1, -0.05) is 6.92 Å². The fourth-order valence-corrected chi connectivity index (χ4v) is 9.02. The fraction of sp³-hybridized carbons (Fsp3) is 0.710. The normalized spacial score (nSPS) is 32.8. The first-order valence-electron chi connectivity index (χ1n) is 14.3. The van der Waals surface area contributed by atoms with Gasteiger partial charge >= 0.3 is 5.97 Å². The van der Waals surface area contributed by atoms with Crippen LogP contribution >= 0.6 is 0 Å². The summed E-state index contributed by atoms with van der Waals surface area (Å²) in [5.74, 6) is -1.13. The van der Waals surface area contributed by atoms with Gasteiger partial charge in [-0.2, -0.15) is 0 Å². The molecule has 4 unspecified atom stereocenters. The molecule has 0 aliphatic carbocycles. The molecule has 0 N–H and O–H groups in total. The minimum absolute atomic E-state index is 0.0370. The van der Waals surface area contributed by atoms with E-state index in [9.17, 15) is 14.4 Å². The Kier molecular flexibility index (Phi) is 6.41. The molecule has 2 amide bonds. The molecule has 214 valence electrons. The highest BCUT2D eigenvalue weighted by Crippen LogP contribution is 2.53. The molecule has 5 rings (SSSR count). The van der Waals surface area contributed by atoms with Gasteiger partial charge in [0.1, 0.15) is 6.23 Å². The summed E-state index contributed by atoms with van der Waals surface area (Å²) in [6.45, 7) is 20.5. The first-order chi connectivity index (χ1) is 18.0. The molecular weight excluding hydrogens is 494 g/mol. The van der Waals surface area contributed by atoms with Crippen molar-refractivity contribution < 1.29 is 23.9 Å². The zero-order chi connectivity index (χ0) is 28.9. The molecule has 3 saturated heterocycles. The van der Waals surface area contributed by atoms with Crippen LogP contribution < -0.4 is 0 Å². The van der Waals surface area contributed by atoms with Gasteiger partial charge in [0.25, 0.3) is 11.8 Å². The number of amides is 2. The predicted octanol–water partition coefficient (Wildman–Crippen LogP) is 4.86. The molecule has 4 aliphatic rings. The van der Waals surface area contributed by atoms with Crippen molar-refractivity contribution in [3.63, 3.8) is 0 Å². The quantitative estimate of drug-likeness (QED) is 0.399. The molecule has 39 heavy (non-hydrogen) atoms. The van der Waals surface area contributed by atoms with E-state index < -0.39 is 5.97 Å². The van der Waals surface area contributed by atoms with E-state index in [2.05, 4.69) is 72.1 Å². The molecule has 8 nitrogen and oxygen atoms in total. The monoisotopic (exact) mass is 539 g/mol. The number of piperidine rings is 2. The van der Waals surface area contributed by atoms with Crippen LogP contribution in [0.5, 0.6) is 0 Å². The number of ether oxygens (including phenoxy) is 2. The van der Waals surface area contributed by atoms with Gasteiger partial charge in [0, 0.05) is 34.2 Å². The van der Waals surface area contributed by atoms with Crippen molar-refractivity contribution in [3.05, 3.63) is 34.9 Å². The van der Waals surface area contributed by atoms with Crippen molar-refractivity contribution in [1.82, 2.24) is 14.7 Å². The number of carbonyl (C=O) groups excluding carboxylic acids is 3.